The third kappa shape index (κ3) is 1.69. The molecule has 4 heteroatoms. The van der Waals surface area contributed by atoms with Crippen molar-refractivity contribution in [2.75, 3.05) is 5.73 Å². The molecule has 3 heterocycles. The van der Waals surface area contributed by atoms with Crippen LogP contribution in [-0.2, 0) is 0 Å². The van der Waals surface area contributed by atoms with Gasteiger partial charge in [-0.05, 0) is 31.2 Å². The zero-order valence-corrected chi connectivity index (χ0v) is 11.6. The van der Waals surface area contributed by atoms with Crippen LogP contribution in [0.15, 0.2) is 54.7 Å². The fourth-order valence-electron chi connectivity index (χ4n) is 2.78. The van der Waals surface area contributed by atoms with Crippen molar-refractivity contribution in [3.05, 3.63) is 60.4 Å². The lowest BCUT2D eigenvalue weighted by Gasteiger charge is -2.05. The summed E-state index contributed by atoms with van der Waals surface area (Å²) in [4.78, 5) is 9.10. The maximum Gasteiger partial charge on any atom is 0.139 e. The van der Waals surface area contributed by atoms with E-state index in [0.717, 1.165) is 33.5 Å². The van der Waals surface area contributed by atoms with E-state index < -0.39 is 0 Å². The van der Waals surface area contributed by atoms with Crippen LogP contribution >= 0.6 is 0 Å². The molecule has 3 aromatic heterocycles. The fraction of sp³-hybridized carbons (Fsp3) is 0.0588. The Morgan fingerprint density at radius 3 is 2.71 bits per heavy atom. The minimum Gasteiger partial charge on any atom is -0.383 e. The number of fused-ring (bicyclic) bond motifs is 2. The number of imidazole rings is 1. The number of hydrogen-bond donors (Lipinski definition) is 1. The van der Waals surface area contributed by atoms with E-state index in [1.54, 1.807) is 6.20 Å². The van der Waals surface area contributed by atoms with Crippen molar-refractivity contribution in [1.82, 2.24) is 14.4 Å². The van der Waals surface area contributed by atoms with Gasteiger partial charge in [-0.15, -0.1) is 0 Å². The number of aromatic nitrogens is 3. The van der Waals surface area contributed by atoms with Crippen molar-refractivity contribution >= 4 is 22.4 Å². The van der Waals surface area contributed by atoms with Crippen molar-refractivity contribution in [3.8, 4) is 11.3 Å². The largest absolute Gasteiger partial charge is 0.383 e. The molecular formula is C17H14N4. The lowest BCUT2D eigenvalue weighted by atomic mass is 10.1. The second-order valence-corrected chi connectivity index (χ2v) is 5.08. The minimum atomic E-state index is 0.666. The summed E-state index contributed by atoms with van der Waals surface area (Å²) >= 11 is 0. The van der Waals surface area contributed by atoms with Crippen LogP contribution < -0.4 is 5.73 Å². The van der Waals surface area contributed by atoms with Gasteiger partial charge in [0.05, 0.1) is 5.52 Å². The van der Waals surface area contributed by atoms with Gasteiger partial charge < -0.3 is 5.73 Å². The summed E-state index contributed by atoms with van der Waals surface area (Å²) < 4.78 is 1.98. The predicted octanol–water partition coefficient (Wildman–Crippen LogP) is 3.44. The average molecular weight is 274 g/mol. The predicted molar refractivity (Wildman–Crippen MR) is 85.1 cm³/mol. The number of hydrogen-bond acceptors (Lipinski definition) is 3. The Balaban J connectivity index is 2.10. The van der Waals surface area contributed by atoms with Crippen LogP contribution in [0.5, 0.6) is 0 Å². The average Bonchev–Trinajstić information content (AvgIpc) is 2.85. The Kier molecular flexibility index (Phi) is 2.44. The van der Waals surface area contributed by atoms with Crippen LogP contribution in [-0.4, -0.2) is 14.4 Å². The zero-order chi connectivity index (χ0) is 14.4. The molecule has 0 saturated heterocycles. The molecule has 21 heavy (non-hydrogen) atoms. The van der Waals surface area contributed by atoms with Gasteiger partial charge in [0.15, 0.2) is 0 Å². The topological polar surface area (TPSA) is 56.2 Å². The molecule has 0 radical (unpaired) electrons. The Labute approximate surface area is 121 Å². The fourth-order valence-corrected chi connectivity index (χ4v) is 2.78. The number of aryl methyl sites for hydroxylation is 1. The van der Waals surface area contributed by atoms with Crippen molar-refractivity contribution < 1.29 is 0 Å². The van der Waals surface area contributed by atoms with E-state index in [-0.39, 0.29) is 0 Å². The molecule has 0 amide bonds. The summed E-state index contributed by atoms with van der Waals surface area (Å²) in [7, 11) is 0. The number of nitrogens with two attached hydrogens (primary N) is 1. The lowest BCUT2D eigenvalue weighted by molar-refractivity contribution is 1.10. The second kappa shape index (κ2) is 4.31. The van der Waals surface area contributed by atoms with E-state index in [4.69, 9.17) is 10.7 Å². The smallest absolute Gasteiger partial charge is 0.139 e. The van der Waals surface area contributed by atoms with E-state index in [2.05, 4.69) is 4.98 Å². The molecule has 0 aliphatic carbocycles. The van der Waals surface area contributed by atoms with Gasteiger partial charge in [-0.3, -0.25) is 9.38 Å². The molecule has 2 N–H and O–H groups in total. The van der Waals surface area contributed by atoms with Gasteiger partial charge in [-0.25, -0.2) is 4.98 Å². The molecule has 4 rings (SSSR count). The van der Waals surface area contributed by atoms with Crippen molar-refractivity contribution in [2.45, 2.75) is 6.92 Å². The summed E-state index contributed by atoms with van der Waals surface area (Å²) in [5.41, 5.74) is 11.0. The molecule has 0 unspecified atom stereocenters. The molecular weight excluding hydrogens is 260 g/mol. The summed E-state index contributed by atoms with van der Waals surface area (Å²) in [5.74, 6) is 0.666. The summed E-state index contributed by atoms with van der Waals surface area (Å²) in [6.07, 6.45) is 1.80. The molecule has 4 nitrogen and oxygen atoms in total. The lowest BCUT2D eigenvalue weighted by Crippen LogP contribution is -1.97. The summed E-state index contributed by atoms with van der Waals surface area (Å²) in [6.45, 7) is 2.03. The first-order valence-corrected chi connectivity index (χ1v) is 6.83. The highest BCUT2D eigenvalue weighted by Gasteiger charge is 2.14. The van der Waals surface area contributed by atoms with Crippen LogP contribution in [0.1, 0.15) is 5.69 Å². The normalized spacial score (nSPS) is 11.3. The van der Waals surface area contributed by atoms with Gasteiger partial charge in [0, 0.05) is 22.8 Å². The van der Waals surface area contributed by atoms with Gasteiger partial charge in [0.2, 0.25) is 0 Å². The van der Waals surface area contributed by atoms with Gasteiger partial charge in [-0.1, -0.05) is 24.3 Å². The Morgan fingerprint density at radius 2 is 1.86 bits per heavy atom. The Morgan fingerprint density at radius 1 is 1.00 bits per heavy atom. The van der Waals surface area contributed by atoms with Crippen LogP contribution in [0, 0.1) is 6.92 Å². The quantitative estimate of drug-likeness (QED) is 0.578. The van der Waals surface area contributed by atoms with Crippen LogP contribution in [0.25, 0.3) is 27.8 Å². The third-order valence-corrected chi connectivity index (χ3v) is 3.78. The molecule has 1 aromatic carbocycles. The number of rotatable bonds is 1. The molecule has 102 valence electrons. The number of para-hydroxylation sites is 1. The van der Waals surface area contributed by atoms with E-state index in [1.807, 2.05) is 59.9 Å². The van der Waals surface area contributed by atoms with Gasteiger partial charge in [0.1, 0.15) is 17.2 Å². The standard InChI is InChI=1S/C17H14N4/c1-11-5-4-8-15-20-16(17(18)21(11)15)13-9-10-19-14-7-3-2-6-12(13)14/h2-10H,18H2,1H3. The molecule has 0 spiro atoms. The van der Waals surface area contributed by atoms with Crippen LogP contribution in [0.3, 0.4) is 0 Å². The first-order chi connectivity index (χ1) is 10.3. The molecule has 4 aromatic rings. The molecule has 0 aliphatic heterocycles. The van der Waals surface area contributed by atoms with Gasteiger partial charge >= 0.3 is 0 Å². The van der Waals surface area contributed by atoms with E-state index in [9.17, 15) is 0 Å². The van der Waals surface area contributed by atoms with E-state index in [1.165, 1.54) is 0 Å². The molecule has 0 atom stereocenters. The van der Waals surface area contributed by atoms with E-state index >= 15 is 0 Å². The van der Waals surface area contributed by atoms with Crippen LogP contribution in [0.2, 0.25) is 0 Å². The highest BCUT2D eigenvalue weighted by Crippen LogP contribution is 2.31. The van der Waals surface area contributed by atoms with Crippen molar-refractivity contribution in [1.29, 1.82) is 0 Å². The minimum absolute atomic E-state index is 0.666. The van der Waals surface area contributed by atoms with Crippen LogP contribution in [0.4, 0.5) is 5.82 Å². The van der Waals surface area contributed by atoms with Crippen molar-refractivity contribution in [2.24, 2.45) is 0 Å². The Hall–Kier alpha value is -2.88. The maximum absolute atomic E-state index is 6.34. The number of pyridine rings is 2. The van der Waals surface area contributed by atoms with E-state index in [0.29, 0.717) is 5.82 Å². The Bertz CT molecular complexity index is 964. The molecule has 0 aliphatic rings. The second-order valence-electron chi connectivity index (χ2n) is 5.08. The molecule has 0 fully saturated rings. The number of benzene rings is 1. The first kappa shape index (κ1) is 11.9. The zero-order valence-electron chi connectivity index (χ0n) is 11.6. The first-order valence-electron chi connectivity index (χ1n) is 6.83. The van der Waals surface area contributed by atoms with Gasteiger partial charge in [-0.2, -0.15) is 0 Å². The summed E-state index contributed by atoms with van der Waals surface area (Å²) in [6, 6.07) is 16.0. The summed E-state index contributed by atoms with van der Waals surface area (Å²) in [5, 5.41) is 1.06. The number of anilines is 1. The molecule has 0 bridgehead atoms. The van der Waals surface area contributed by atoms with Crippen molar-refractivity contribution in [3.63, 3.8) is 0 Å². The number of nitrogens with zero attached hydrogens (tertiary/aromatic N) is 3. The SMILES string of the molecule is Cc1cccc2nc(-c3ccnc4ccccc34)c(N)n12. The molecule has 0 saturated carbocycles. The maximum atomic E-state index is 6.34. The highest BCUT2D eigenvalue weighted by molar-refractivity contribution is 5.96. The highest BCUT2D eigenvalue weighted by atomic mass is 15.1. The van der Waals surface area contributed by atoms with Gasteiger partial charge in [0.25, 0.3) is 0 Å². The monoisotopic (exact) mass is 274 g/mol. The number of nitrogen functional groups attached to an aromatic ring is 1. The third-order valence-electron chi connectivity index (χ3n) is 3.78.